The second-order valence-corrected chi connectivity index (χ2v) is 7.30. The first-order valence-electron chi connectivity index (χ1n) is 10.1. The molecule has 1 N–H and O–H groups in total. The Kier molecular flexibility index (Phi) is 6.34. The van der Waals surface area contributed by atoms with Gasteiger partial charge in [0.1, 0.15) is 17.5 Å². The molecular formula is C22H23F2N5O2. The van der Waals surface area contributed by atoms with Crippen LogP contribution in [0, 0.1) is 18.6 Å². The number of hydrogen-bond donors (Lipinski definition) is 1. The van der Waals surface area contributed by atoms with Gasteiger partial charge in [0.15, 0.2) is 0 Å². The number of aromatic nitrogens is 3. The van der Waals surface area contributed by atoms with Crippen LogP contribution in [0.15, 0.2) is 48.5 Å². The molecule has 1 aliphatic heterocycles. The van der Waals surface area contributed by atoms with E-state index in [2.05, 4.69) is 20.3 Å². The van der Waals surface area contributed by atoms with Crippen molar-refractivity contribution in [1.82, 2.24) is 25.0 Å². The van der Waals surface area contributed by atoms with Crippen molar-refractivity contribution >= 4 is 5.91 Å². The number of carbonyl (C=O) groups is 1. The number of hydrogen-bond acceptors (Lipinski definition) is 5. The van der Waals surface area contributed by atoms with Gasteiger partial charge in [-0.2, -0.15) is 0 Å². The molecule has 1 aromatic heterocycles. The Labute approximate surface area is 178 Å². The summed E-state index contributed by atoms with van der Waals surface area (Å²) in [6.07, 6.45) is 0. The number of ether oxygens (including phenoxy) is 1. The SMILES string of the molecule is Cc1nc(C(=O)NC[C@@H](c2ccc(F)cc2)N2CCOCC2)nn1-c1ccc(F)cc1. The maximum Gasteiger partial charge on any atom is 0.291 e. The highest BCUT2D eigenvalue weighted by Gasteiger charge is 2.24. The van der Waals surface area contributed by atoms with Gasteiger partial charge >= 0.3 is 0 Å². The number of benzene rings is 2. The number of rotatable bonds is 6. The Hall–Kier alpha value is -3.17. The average Bonchev–Trinajstić information content (AvgIpc) is 3.18. The highest BCUT2D eigenvalue weighted by Crippen LogP contribution is 2.22. The van der Waals surface area contributed by atoms with Crippen LogP contribution in [-0.2, 0) is 4.74 Å². The molecule has 1 aliphatic rings. The standard InChI is InChI=1S/C22H23F2N5O2/c1-15-26-21(27-29(15)19-8-6-18(24)7-9-19)22(30)25-14-20(28-10-12-31-13-11-28)16-2-4-17(23)5-3-16/h2-9,20H,10-14H2,1H3,(H,25,30)/t20-/m0/s1. The first-order valence-corrected chi connectivity index (χ1v) is 10.1. The Morgan fingerprint density at radius 3 is 2.32 bits per heavy atom. The molecule has 4 rings (SSSR count). The predicted molar refractivity (Wildman–Crippen MR) is 110 cm³/mol. The van der Waals surface area contributed by atoms with Crippen molar-refractivity contribution in [1.29, 1.82) is 0 Å². The number of morpholine rings is 1. The number of nitrogens with one attached hydrogen (secondary N) is 1. The number of halogens is 2. The molecule has 162 valence electrons. The Balaban J connectivity index is 1.49. The van der Waals surface area contributed by atoms with E-state index in [9.17, 15) is 13.6 Å². The second-order valence-electron chi connectivity index (χ2n) is 7.30. The molecule has 7 nitrogen and oxygen atoms in total. The van der Waals surface area contributed by atoms with Gasteiger partial charge in [0.05, 0.1) is 24.9 Å². The third kappa shape index (κ3) is 4.95. The molecule has 2 aromatic carbocycles. The van der Waals surface area contributed by atoms with E-state index in [1.165, 1.54) is 28.9 Å². The van der Waals surface area contributed by atoms with E-state index in [4.69, 9.17) is 4.74 Å². The molecule has 1 amide bonds. The van der Waals surface area contributed by atoms with Gasteiger partial charge in [-0.25, -0.2) is 18.4 Å². The number of aryl methyl sites for hydroxylation is 1. The Morgan fingerprint density at radius 1 is 1.06 bits per heavy atom. The zero-order chi connectivity index (χ0) is 21.8. The van der Waals surface area contributed by atoms with Gasteiger partial charge in [0.25, 0.3) is 5.91 Å². The molecule has 1 saturated heterocycles. The van der Waals surface area contributed by atoms with Crippen molar-refractivity contribution in [3.05, 3.63) is 77.4 Å². The predicted octanol–water partition coefficient (Wildman–Crippen LogP) is 2.66. The monoisotopic (exact) mass is 427 g/mol. The maximum atomic E-state index is 13.4. The van der Waals surface area contributed by atoms with Gasteiger partial charge in [-0.15, -0.1) is 5.10 Å². The molecule has 0 saturated carbocycles. The molecule has 0 radical (unpaired) electrons. The van der Waals surface area contributed by atoms with Crippen LogP contribution in [0.1, 0.15) is 28.0 Å². The summed E-state index contributed by atoms with van der Waals surface area (Å²) in [5.41, 5.74) is 1.52. The van der Waals surface area contributed by atoms with Gasteiger partial charge in [-0.05, 0) is 48.9 Å². The van der Waals surface area contributed by atoms with E-state index in [0.29, 0.717) is 44.4 Å². The van der Waals surface area contributed by atoms with E-state index >= 15 is 0 Å². The van der Waals surface area contributed by atoms with Crippen LogP contribution >= 0.6 is 0 Å². The molecule has 0 bridgehead atoms. The Morgan fingerprint density at radius 2 is 1.68 bits per heavy atom. The molecule has 3 aromatic rings. The van der Waals surface area contributed by atoms with Gasteiger partial charge in [-0.3, -0.25) is 9.69 Å². The zero-order valence-electron chi connectivity index (χ0n) is 17.1. The Bertz CT molecular complexity index is 1030. The minimum Gasteiger partial charge on any atom is -0.379 e. The lowest BCUT2D eigenvalue weighted by Crippen LogP contribution is -2.44. The van der Waals surface area contributed by atoms with Crippen molar-refractivity contribution in [2.24, 2.45) is 0 Å². The quantitative estimate of drug-likeness (QED) is 0.655. The summed E-state index contributed by atoms with van der Waals surface area (Å²) in [7, 11) is 0. The lowest BCUT2D eigenvalue weighted by molar-refractivity contribution is 0.0162. The summed E-state index contributed by atoms with van der Waals surface area (Å²) in [6.45, 7) is 4.68. The maximum absolute atomic E-state index is 13.4. The number of amides is 1. The minimum atomic E-state index is -0.413. The van der Waals surface area contributed by atoms with Crippen LogP contribution in [0.4, 0.5) is 8.78 Å². The fourth-order valence-electron chi connectivity index (χ4n) is 3.61. The smallest absolute Gasteiger partial charge is 0.291 e. The average molecular weight is 427 g/mol. The lowest BCUT2D eigenvalue weighted by Gasteiger charge is -2.34. The topological polar surface area (TPSA) is 72.3 Å². The third-order valence-electron chi connectivity index (χ3n) is 5.24. The van der Waals surface area contributed by atoms with E-state index in [1.54, 1.807) is 31.2 Å². The molecular weight excluding hydrogens is 404 g/mol. The molecule has 1 atom stereocenters. The van der Waals surface area contributed by atoms with Crippen LogP contribution in [0.2, 0.25) is 0 Å². The normalized spacial score (nSPS) is 15.6. The molecule has 0 unspecified atom stereocenters. The van der Waals surface area contributed by atoms with Crippen LogP contribution in [0.3, 0.4) is 0 Å². The van der Waals surface area contributed by atoms with Gasteiger partial charge in [-0.1, -0.05) is 12.1 Å². The molecule has 2 heterocycles. The van der Waals surface area contributed by atoms with Crippen molar-refractivity contribution in [3.8, 4) is 5.69 Å². The first kappa shape index (κ1) is 21.1. The van der Waals surface area contributed by atoms with Crippen molar-refractivity contribution in [3.63, 3.8) is 0 Å². The highest BCUT2D eigenvalue weighted by molar-refractivity contribution is 5.90. The second kappa shape index (κ2) is 9.32. The summed E-state index contributed by atoms with van der Waals surface area (Å²) in [4.78, 5) is 19.2. The fraction of sp³-hybridized carbons (Fsp3) is 0.318. The number of carbonyl (C=O) groups excluding carboxylic acids is 1. The summed E-state index contributed by atoms with van der Waals surface area (Å²) in [6, 6.07) is 12.0. The van der Waals surface area contributed by atoms with Crippen LogP contribution in [0.5, 0.6) is 0 Å². The summed E-state index contributed by atoms with van der Waals surface area (Å²) < 4.78 is 33.5. The highest BCUT2D eigenvalue weighted by atomic mass is 19.1. The fourth-order valence-corrected chi connectivity index (χ4v) is 3.61. The van der Waals surface area contributed by atoms with Gasteiger partial charge < -0.3 is 10.1 Å². The van der Waals surface area contributed by atoms with Crippen LogP contribution in [-0.4, -0.2) is 58.4 Å². The van der Waals surface area contributed by atoms with Crippen LogP contribution in [0.25, 0.3) is 5.69 Å². The van der Waals surface area contributed by atoms with Gasteiger partial charge in [0.2, 0.25) is 5.82 Å². The zero-order valence-corrected chi connectivity index (χ0v) is 17.1. The van der Waals surface area contributed by atoms with Crippen molar-refractivity contribution in [2.75, 3.05) is 32.8 Å². The lowest BCUT2D eigenvalue weighted by atomic mass is 10.0. The van der Waals surface area contributed by atoms with E-state index in [0.717, 1.165) is 5.56 Å². The van der Waals surface area contributed by atoms with Crippen LogP contribution < -0.4 is 5.32 Å². The minimum absolute atomic E-state index is 0.0293. The van der Waals surface area contributed by atoms with Crippen molar-refractivity contribution in [2.45, 2.75) is 13.0 Å². The molecule has 9 heteroatoms. The van der Waals surface area contributed by atoms with Crippen molar-refractivity contribution < 1.29 is 18.3 Å². The van der Waals surface area contributed by atoms with Gasteiger partial charge in [0, 0.05) is 19.6 Å². The molecule has 31 heavy (non-hydrogen) atoms. The summed E-state index contributed by atoms with van der Waals surface area (Å²) in [5.74, 6) is -0.528. The van der Waals surface area contributed by atoms with E-state index < -0.39 is 5.91 Å². The molecule has 0 spiro atoms. The van der Waals surface area contributed by atoms with E-state index in [-0.39, 0.29) is 23.5 Å². The summed E-state index contributed by atoms with van der Waals surface area (Å²) in [5, 5.41) is 7.17. The molecule has 0 aliphatic carbocycles. The summed E-state index contributed by atoms with van der Waals surface area (Å²) >= 11 is 0. The molecule has 1 fully saturated rings. The largest absolute Gasteiger partial charge is 0.379 e. The first-order chi connectivity index (χ1) is 15.0. The number of nitrogens with zero attached hydrogens (tertiary/aromatic N) is 4. The van der Waals surface area contributed by atoms with E-state index in [1.807, 2.05) is 0 Å². The third-order valence-corrected chi connectivity index (χ3v) is 5.24.